The average molecular weight is 478 g/mol. The van der Waals surface area contributed by atoms with Gasteiger partial charge in [0.05, 0.1) is 19.8 Å². The van der Waals surface area contributed by atoms with Gasteiger partial charge in [-0.2, -0.15) is 0 Å². The van der Waals surface area contributed by atoms with Crippen LogP contribution in [0.4, 0.5) is 0 Å². The number of hydrogen-bond donors (Lipinski definition) is 2. The van der Waals surface area contributed by atoms with E-state index in [0.717, 1.165) is 11.3 Å². The molecule has 2 N–H and O–H groups in total. The molecule has 2 aromatic rings. The number of hydrogen-bond acceptors (Lipinski definition) is 7. The molecule has 0 fully saturated rings. The minimum atomic E-state index is -0.657. The van der Waals surface area contributed by atoms with Crippen LogP contribution in [0.25, 0.3) is 0 Å². The summed E-state index contributed by atoms with van der Waals surface area (Å²) in [6, 6.07) is 12.2. The molecule has 0 aromatic heterocycles. The van der Waals surface area contributed by atoms with Crippen molar-refractivity contribution in [2.45, 2.75) is 46.1 Å². The molecule has 7 heteroatoms. The lowest BCUT2D eigenvalue weighted by Crippen LogP contribution is -2.38. The van der Waals surface area contributed by atoms with Gasteiger partial charge < -0.3 is 24.6 Å². The molecule has 1 aliphatic carbocycles. The third kappa shape index (κ3) is 4.90. The minimum Gasteiger partial charge on any atom is -0.504 e. The maximum atomic E-state index is 13.4. The molecule has 0 unspecified atom stereocenters. The Labute approximate surface area is 205 Å². The SMILES string of the molecule is COc1ccc(COC(=O)C2=C(C)NC3=C(C(=O)CC(C)(C)C3)[C@H]2c2ccc(OC)c(O)c2)cc1. The summed E-state index contributed by atoms with van der Waals surface area (Å²) in [5.74, 6) is -0.217. The van der Waals surface area contributed by atoms with Gasteiger partial charge in [-0.15, -0.1) is 0 Å². The van der Waals surface area contributed by atoms with Crippen molar-refractivity contribution < 1.29 is 28.9 Å². The van der Waals surface area contributed by atoms with Gasteiger partial charge in [0.25, 0.3) is 0 Å². The highest BCUT2D eigenvalue weighted by Crippen LogP contribution is 2.47. The lowest BCUT2D eigenvalue weighted by Gasteiger charge is -2.39. The molecule has 0 bridgehead atoms. The van der Waals surface area contributed by atoms with Crippen LogP contribution in [0.1, 0.15) is 50.7 Å². The molecule has 7 nitrogen and oxygen atoms in total. The molecule has 2 aromatic carbocycles. The monoisotopic (exact) mass is 477 g/mol. The Kier molecular flexibility index (Phi) is 6.61. The first kappa shape index (κ1) is 24.4. The number of esters is 1. The van der Waals surface area contributed by atoms with Crippen molar-refractivity contribution in [3.63, 3.8) is 0 Å². The quantitative estimate of drug-likeness (QED) is 0.580. The van der Waals surface area contributed by atoms with Crippen molar-refractivity contribution in [3.8, 4) is 17.2 Å². The highest BCUT2D eigenvalue weighted by atomic mass is 16.5. The van der Waals surface area contributed by atoms with Gasteiger partial charge in [-0.3, -0.25) is 4.79 Å². The largest absolute Gasteiger partial charge is 0.504 e. The van der Waals surface area contributed by atoms with Gasteiger partial charge in [-0.1, -0.05) is 32.0 Å². The predicted octanol–water partition coefficient (Wildman–Crippen LogP) is 4.76. The lowest BCUT2D eigenvalue weighted by atomic mass is 9.68. The highest BCUT2D eigenvalue weighted by molar-refractivity contribution is 6.04. The molecule has 0 radical (unpaired) electrons. The molecule has 4 rings (SSSR count). The van der Waals surface area contributed by atoms with Crippen LogP contribution in [-0.2, 0) is 20.9 Å². The first-order valence-corrected chi connectivity index (χ1v) is 11.5. The lowest BCUT2D eigenvalue weighted by molar-refractivity contribution is -0.140. The molecule has 0 spiro atoms. The molecular formula is C28H31NO6. The molecule has 2 aliphatic rings. The molecule has 0 saturated heterocycles. The third-order valence-electron chi connectivity index (χ3n) is 6.52. The van der Waals surface area contributed by atoms with Crippen molar-refractivity contribution in [3.05, 3.63) is 76.1 Å². The van der Waals surface area contributed by atoms with Crippen molar-refractivity contribution in [2.24, 2.45) is 5.41 Å². The molecule has 0 saturated carbocycles. The number of carbonyl (C=O) groups is 2. The zero-order chi connectivity index (χ0) is 25.3. The number of phenols is 1. The van der Waals surface area contributed by atoms with Gasteiger partial charge >= 0.3 is 5.97 Å². The van der Waals surface area contributed by atoms with E-state index in [0.29, 0.717) is 46.7 Å². The fourth-order valence-electron chi connectivity index (χ4n) is 4.87. The summed E-state index contributed by atoms with van der Waals surface area (Å²) in [6.45, 7) is 6.01. The number of aromatic hydroxyl groups is 1. The van der Waals surface area contributed by atoms with Crippen LogP contribution in [0, 0.1) is 5.41 Å². The Hall–Kier alpha value is -3.74. The average Bonchev–Trinajstić information content (AvgIpc) is 2.81. The number of rotatable bonds is 6. The molecule has 0 amide bonds. The van der Waals surface area contributed by atoms with E-state index in [-0.39, 0.29) is 23.6 Å². The number of nitrogens with one attached hydrogen (secondary N) is 1. The fraction of sp³-hybridized carbons (Fsp3) is 0.357. The molecule has 184 valence electrons. The van der Waals surface area contributed by atoms with E-state index in [1.54, 1.807) is 37.4 Å². The summed E-state index contributed by atoms with van der Waals surface area (Å²) in [7, 11) is 3.06. The molecule has 1 atom stereocenters. The van der Waals surface area contributed by atoms with E-state index in [4.69, 9.17) is 14.2 Å². The summed E-state index contributed by atoms with van der Waals surface area (Å²) in [5, 5.41) is 13.8. The van der Waals surface area contributed by atoms with E-state index >= 15 is 0 Å². The number of benzene rings is 2. The standard InChI is InChI=1S/C28H31NO6/c1-16-24(27(32)35-15-17-6-9-19(33-4)10-7-17)25(18-8-11-23(34-5)21(30)12-18)26-20(29-16)13-28(2,3)14-22(26)31/h6-12,25,29-30H,13-15H2,1-5H3/t25-/m0/s1. The summed E-state index contributed by atoms with van der Waals surface area (Å²) in [5.41, 5.74) is 3.61. The number of Topliss-reactive ketones (excluding diaryl/α,β-unsaturated/α-hetero) is 1. The first-order chi connectivity index (χ1) is 16.6. The van der Waals surface area contributed by atoms with Crippen LogP contribution in [0.5, 0.6) is 17.2 Å². The van der Waals surface area contributed by atoms with Crippen LogP contribution < -0.4 is 14.8 Å². The van der Waals surface area contributed by atoms with Crippen molar-refractivity contribution >= 4 is 11.8 Å². The second kappa shape index (κ2) is 9.49. The number of ketones is 1. The molecule has 35 heavy (non-hydrogen) atoms. The normalized spacial score (nSPS) is 19.1. The number of allylic oxidation sites excluding steroid dienone is 3. The van der Waals surface area contributed by atoms with Crippen LogP contribution in [0.3, 0.4) is 0 Å². The van der Waals surface area contributed by atoms with Gasteiger partial charge in [0, 0.05) is 29.3 Å². The number of phenolic OH excluding ortho intramolecular Hbond substituents is 1. The Bertz CT molecular complexity index is 1220. The fourth-order valence-corrected chi connectivity index (χ4v) is 4.87. The topological polar surface area (TPSA) is 94.1 Å². The van der Waals surface area contributed by atoms with E-state index in [9.17, 15) is 14.7 Å². The van der Waals surface area contributed by atoms with Crippen LogP contribution in [-0.4, -0.2) is 31.1 Å². The third-order valence-corrected chi connectivity index (χ3v) is 6.52. The second-order valence-electron chi connectivity index (χ2n) is 9.79. The molecular weight excluding hydrogens is 446 g/mol. The number of ether oxygens (including phenoxy) is 3. The smallest absolute Gasteiger partial charge is 0.337 e. The summed E-state index contributed by atoms with van der Waals surface area (Å²) < 4.78 is 16.1. The van der Waals surface area contributed by atoms with Crippen LogP contribution >= 0.6 is 0 Å². The summed E-state index contributed by atoms with van der Waals surface area (Å²) in [6.07, 6.45) is 1.05. The summed E-state index contributed by atoms with van der Waals surface area (Å²) in [4.78, 5) is 26.8. The minimum absolute atomic E-state index is 0.0167. The van der Waals surface area contributed by atoms with Crippen molar-refractivity contribution in [1.29, 1.82) is 0 Å². The molecule has 1 aliphatic heterocycles. The number of methoxy groups -OCH3 is 2. The Balaban J connectivity index is 1.72. The van der Waals surface area contributed by atoms with Gasteiger partial charge in [0.15, 0.2) is 17.3 Å². The van der Waals surface area contributed by atoms with Gasteiger partial charge in [-0.05, 0) is 54.2 Å². The Morgan fingerprint density at radius 2 is 1.80 bits per heavy atom. The Morgan fingerprint density at radius 1 is 1.09 bits per heavy atom. The highest BCUT2D eigenvalue weighted by Gasteiger charge is 2.43. The van der Waals surface area contributed by atoms with Gasteiger partial charge in [0.1, 0.15) is 12.4 Å². The zero-order valence-corrected chi connectivity index (χ0v) is 20.7. The maximum absolute atomic E-state index is 13.4. The van der Waals surface area contributed by atoms with Crippen molar-refractivity contribution in [2.75, 3.05) is 14.2 Å². The van der Waals surface area contributed by atoms with E-state index in [1.165, 1.54) is 7.11 Å². The first-order valence-electron chi connectivity index (χ1n) is 11.5. The van der Waals surface area contributed by atoms with E-state index in [2.05, 4.69) is 19.2 Å². The predicted molar refractivity (Wildman–Crippen MR) is 131 cm³/mol. The van der Waals surface area contributed by atoms with E-state index in [1.807, 2.05) is 19.1 Å². The van der Waals surface area contributed by atoms with Gasteiger partial charge in [0.2, 0.25) is 0 Å². The zero-order valence-electron chi connectivity index (χ0n) is 20.7. The number of carbonyl (C=O) groups excluding carboxylic acids is 2. The van der Waals surface area contributed by atoms with E-state index < -0.39 is 11.9 Å². The number of dihydropyridines is 1. The van der Waals surface area contributed by atoms with Gasteiger partial charge in [-0.25, -0.2) is 4.79 Å². The van der Waals surface area contributed by atoms with Crippen LogP contribution in [0.2, 0.25) is 0 Å². The second-order valence-corrected chi connectivity index (χ2v) is 9.79. The maximum Gasteiger partial charge on any atom is 0.337 e. The van der Waals surface area contributed by atoms with Crippen LogP contribution in [0.15, 0.2) is 65.0 Å². The summed E-state index contributed by atoms with van der Waals surface area (Å²) >= 11 is 0. The Morgan fingerprint density at radius 3 is 2.43 bits per heavy atom. The van der Waals surface area contributed by atoms with Crippen molar-refractivity contribution in [1.82, 2.24) is 5.32 Å². The molecule has 1 heterocycles.